The molecule has 3 fully saturated rings. The Labute approximate surface area is 104 Å². The number of nitrogens with zero attached hydrogens (tertiary/aromatic N) is 2. The van der Waals surface area contributed by atoms with Crippen LogP contribution in [0.5, 0.6) is 0 Å². The lowest BCUT2D eigenvalue weighted by molar-refractivity contribution is -0.182. The lowest BCUT2D eigenvalue weighted by Gasteiger charge is -2.55. The van der Waals surface area contributed by atoms with Crippen LogP contribution >= 0.6 is 0 Å². The Morgan fingerprint density at radius 1 is 1.24 bits per heavy atom. The van der Waals surface area contributed by atoms with Gasteiger partial charge in [-0.15, -0.1) is 0 Å². The fourth-order valence-corrected chi connectivity index (χ4v) is 3.89. The van der Waals surface area contributed by atoms with E-state index < -0.39 is 0 Å². The van der Waals surface area contributed by atoms with Gasteiger partial charge in [-0.25, -0.2) is 0 Å². The smallest absolute Gasteiger partial charge is 0.0563 e. The third-order valence-corrected chi connectivity index (χ3v) is 5.12. The second-order valence-electron chi connectivity index (χ2n) is 6.17. The van der Waals surface area contributed by atoms with Crippen molar-refractivity contribution in [3.05, 3.63) is 0 Å². The molecule has 0 radical (unpaired) electrons. The molecular formula is C13H25N3O. The van der Waals surface area contributed by atoms with Crippen LogP contribution in [-0.4, -0.2) is 75.9 Å². The highest BCUT2D eigenvalue weighted by molar-refractivity contribution is 5.05. The first-order chi connectivity index (χ1) is 8.22. The molecule has 0 saturated carbocycles. The van der Waals surface area contributed by atoms with Gasteiger partial charge in [0.05, 0.1) is 13.2 Å². The van der Waals surface area contributed by atoms with Crippen molar-refractivity contribution in [3.63, 3.8) is 0 Å². The van der Waals surface area contributed by atoms with E-state index >= 15 is 0 Å². The molecule has 2 unspecified atom stereocenters. The third kappa shape index (κ3) is 1.91. The Hall–Kier alpha value is -0.160. The summed E-state index contributed by atoms with van der Waals surface area (Å²) in [5.74, 6) is 0.827. The van der Waals surface area contributed by atoms with Crippen LogP contribution in [0.15, 0.2) is 0 Å². The third-order valence-electron chi connectivity index (χ3n) is 5.12. The molecule has 0 aromatic heterocycles. The molecular weight excluding hydrogens is 214 g/mol. The summed E-state index contributed by atoms with van der Waals surface area (Å²) in [6.07, 6.45) is 1.35. The minimum atomic E-state index is 0.424. The van der Waals surface area contributed by atoms with E-state index in [1.807, 2.05) is 0 Å². The number of ether oxygens (including phenoxy) is 1. The number of likely N-dealkylation sites (N-methyl/N-ethyl adjacent to an activating group) is 1. The van der Waals surface area contributed by atoms with Gasteiger partial charge in [0.25, 0.3) is 0 Å². The lowest BCUT2D eigenvalue weighted by Crippen LogP contribution is -2.66. The molecule has 98 valence electrons. The molecule has 3 rings (SSSR count). The van der Waals surface area contributed by atoms with E-state index in [-0.39, 0.29) is 0 Å². The molecule has 0 aromatic rings. The molecule has 0 aromatic carbocycles. The molecule has 1 N–H and O–H groups in total. The van der Waals surface area contributed by atoms with Crippen LogP contribution in [0.1, 0.15) is 6.42 Å². The maximum atomic E-state index is 5.61. The zero-order chi connectivity index (χ0) is 11.9. The first-order valence-corrected chi connectivity index (χ1v) is 6.89. The van der Waals surface area contributed by atoms with Crippen LogP contribution in [-0.2, 0) is 4.74 Å². The molecule has 17 heavy (non-hydrogen) atoms. The average molecular weight is 239 g/mol. The van der Waals surface area contributed by atoms with E-state index in [0.29, 0.717) is 11.5 Å². The van der Waals surface area contributed by atoms with Gasteiger partial charge in [-0.2, -0.15) is 0 Å². The zero-order valence-electron chi connectivity index (χ0n) is 11.1. The second kappa shape index (κ2) is 4.50. The highest BCUT2D eigenvalue weighted by Gasteiger charge is 2.53. The first-order valence-electron chi connectivity index (χ1n) is 6.89. The molecule has 3 aliphatic heterocycles. The monoisotopic (exact) mass is 239 g/mol. The largest absolute Gasteiger partial charge is 0.380 e. The van der Waals surface area contributed by atoms with Gasteiger partial charge in [-0.3, -0.25) is 0 Å². The number of likely N-dealkylation sites (tertiary alicyclic amines) is 1. The Balaban J connectivity index is 1.76. The minimum Gasteiger partial charge on any atom is -0.380 e. The summed E-state index contributed by atoms with van der Waals surface area (Å²) >= 11 is 0. The van der Waals surface area contributed by atoms with Crippen LogP contribution < -0.4 is 5.32 Å². The predicted octanol–water partition coefficient (Wildman–Crippen LogP) is -0.142. The summed E-state index contributed by atoms with van der Waals surface area (Å²) in [6, 6.07) is 0.668. The Morgan fingerprint density at radius 2 is 2.06 bits per heavy atom. The van der Waals surface area contributed by atoms with Crippen LogP contribution in [0, 0.1) is 11.3 Å². The van der Waals surface area contributed by atoms with E-state index in [9.17, 15) is 0 Å². The van der Waals surface area contributed by atoms with Gasteiger partial charge in [-0.05, 0) is 33.0 Å². The summed E-state index contributed by atoms with van der Waals surface area (Å²) < 4.78 is 5.61. The molecule has 0 aliphatic carbocycles. The van der Waals surface area contributed by atoms with Crippen molar-refractivity contribution in [1.29, 1.82) is 0 Å². The van der Waals surface area contributed by atoms with Crippen molar-refractivity contribution < 1.29 is 4.74 Å². The minimum absolute atomic E-state index is 0.424. The van der Waals surface area contributed by atoms with Crippen molar-refractivity contribution in [3.8, 4) is 0 Å². The Bertz CT molecular complexity index is 280. The molecule has 4 nitrogen and oxygen atoms in total. The van der Waals surface area contributed by atoms with Gasteiger partial charge in [0, 0.05) is 37.6 Å². The molecule has 2 atom stereocenters. The first kappa shape index (κ1) is 11.9. The quantitative estimate of drug-likeness (QED) is 0.726. The Morgan fingerprint density at radius 3 is 2.59 bits per heavy atom. The van der Waals surface area contributed by atoms with Crippen LogP contribution in [0.3, 0.4) is 0 Å². The van der Waals surface area contributed by atoms with E-state index in [0.717, 1.165) is 32.2 Å². The standard InChI is InChI=1S/C13H25N3O/c1-15-5-3-11(8-15)13(9-17-10-13)12-7-14-4-6-16(12)2/h11-12,14H,3-10H2,1-2H3. The molecule has 3 saturated heterocycles. The van der Waals surface area contributed by atoms with Crippen molar-refractivity contribution in [2.45, 2.75) is 12.5 Å². The molecule has 0 spiro atoms. The topological polar surface area (TPSA) is 27.7 Å². The predicted molar refractivity (Wildman–Crippen MR) is 68.1 cm³/mol. The highest BCUT2D eigenvalue weighted by atomic mass is 16.5. The number of hydrogen-bond donors (Lipinski definition) is 1. The van der Waals surface area contributed by atoms with Gasteiger partial charge in [0.15, 0.2) is 0 Å². The normalized spacial score (nSPS) is 39.2. The second-order valence-corrected chi connectivity index (χ2v) is 6.17. The van der Waals surface area contributed by atoms with Crippen LogP contribution in [0.2, 0.25) is 0 Å². The van der Waals surface area contributed by atoms with Crippen molar-refractivity contribution in [2.75, 3.05) is 60.0 Å². The van der Waals surface area contributed by atoms with Gasteiger partial charge >= 0.3 is 0 Å². The van der Waals surface area contributed by atoms with E-state index in [1.54, 1.807) is 0 Å². The summed E-state index contributed by atoms with van der Waals surface area (Å²) in [7, 11) is 4.53. The van der Waals surface area contributed by atoms with Crippen molar-refractivity contribution >= 4 is 0 Å². The van der Waals surface area contributed by atoms with E-state index in [2.05, 4.69) is 29.2 Å². The molecule has 3 aliphatic rings. The maximum absolute atomic E-state index is 5.61. The van der Waals surface area contributed by atoms with Gasteiger partial charge in [0.1, 0.15) is 0 Å². The van der Waals surface area contributed by atoms with E-state index in [1.165, 1.54) is 26.1 Å². The number of piperazine rings is 1. The maximum Gasteiger partial charge on any atom is 0.0563 e. The fourth-order valence-electron chi connectivity index (χ4n) is 3.89. The lowest BCUT2D eigenvalue weighted by atomic mass is 9.66. The van der Waals surface area contributed by atoms with Gasteiger partial charge in [0.2, 0.25) is 0 Å². The number of hydrogen-bond acceptors (Lipinski definition) is 4. The molecule has 0 bridgehead atoms. The highest BCUT2D eigenvalue weighted by Crippen LogP contribution is 2.45. The molecule has 0 amide bonds. The number of rotatable bonds is 2. The SMILES string of the molecule is CN1CCC(C2(C3CNCCN3C)COC2)C1. The summed E-state index contributed by atoms with van der Waals surface area (Å²) in [5, 5.41) is 3.56. The van der Waals surface area contributed by atoms with E-state index in [4.69, 9.17) is 4.74 Å². The van der Waals surface area contributed by atoms with Crippen LogP contribution in [0.4, 0.5) is 0 Å². The molecule has 4 heteroatoms. The van der Waals surface area contributed by atoms with Gasteiger partial charge < -0.3 is 19.9 Å². The van der Waals surface area contributed by atoms with Crippen LogP contribution in [0.25, 0.3) is 0 Å². The van der Waals surface area contributed by atoms with Gasteiger partial charge in [-0.1, -0.05) is 0 Å². The van der Waals surface area contributed by atoms with Crippen molar-refractivity contribution in [1.82, 2.24) is 15.1 Å². The average Bonchev–Trinajstić information content (AvgIpc) is 2.67. The zero-order valence-corrected chi connectivity index (χ0v) is 11.1. The fraction of sp³-hybridized carbons (Fsp3) is 1.00. The summed E-state index contributed by atoms with van der Waals surface area (Å²) in [6.45, 7) is 7.91. The summed E-state index contributed by atoms with van der Waals surface area (Å²) in [5.41, 5.74) is 0.424. The number of nitrogens with one attached hydrogen (secondary N) is 1. The molecule has 3 heterocycles. The Kier molecular flexibility index (Phi) is 3.15. The summed E-state index contributed by atoms with van der Waals surface area (Å²) in [4.78, 5) is 5.03. The van der Waals surface area contributed by atoms with Crippen molar-refractivity contribution in [2.24, 2.45) is 11.3 Å².